The van der Waals surface area contributed by atoms with Crippen molar-refractivity contribution in [3.05, 3.63) is 58.7 Å². The number of Topliss-reactive ketones (excluding diaryl/α,β-unsaturated/α-hetero) is 1. The zero-order valence-electron chi connectivity index (χ0n) is 24.0. The number of piperazine rings is 1. The lowest BCUT2D eigenvalue weighted by atomic mass is 9.90. The summed E-state index contributed by atoms with van der Waals surface area (Å²) in [5.41, 5.74) is 4.88. The highest BCUT2D eigenvalue weighted by Crippen LogP contribution is 2.44. The van der Waals surface area contributed by atoms with Crippen molar-refractivity contribution in [1.82, 2.24) is 19.9 Å². The Kier molecular flexibility index (Phi) is 8.25. The van der Waals surface area contributed by atoms with Crippen LogP contribution in [0.1, 0.15) is 51.8 Å². The van der Waals surface area contributed by atoms with E-state index in [-0.39, 0.29) is 5.78 Å². The molecule has 0 bridgehead atoms. The third-order valence-electron chi connectivity index (χ3n) is 7.13. The third-order valence-corrected chi connectivity index (χ3v) is 8.49. The Labute approximate surface area is 245 Å². The zero-order valence-corrected chi connectivity index (χ0v) is 25.6. The van der Waals surface area contributed by atoms with Gasteiger partial charge in [0.25, 0.3) is 0 Å². The van der Waals surface area contributed by atoms with E-state index in [1.54, 1.807) is 18.3 Å². The van der Waals surface area contributed by atoms with Crippen molar-refractivity contribution in [1.29, 1.82) is 0 Å². The Bertz CT molecular complexity index is 1520. The van der Waals surface area contributed by atoms with Gasteiger partial charge in [0, 0.05) is 48.5 Å². The monoisotopic (exact) mass is 577 g/mol. The first-order valence-electron chi connectivity index (χ1n) is 13.7. The van der Waals surface area contributed by atoms with Crippen LogP contribution < -0.4 is 4.90 Å². The van der Waals surface area contributed by atoms with Crippen molar-refractivity contribution in [2.24, 2.45) is 0 Å². The average molecular weight is 578 g/mol. The van der Waals surface area contributed by atoms with E-state index in [1.807, 2.05) is 64.2 Å². The summed E-state index contributed by atoms with van der Waals surface area (Å²) in [6.45, 7) is 16.6. The molecule has 1 aliphatic rings. The maximum absolute atomic E-state index is 13.0. The molecule has 0 spiro atoms. The topological polar surface area (TPSA) is 71.5 Å². The van der Waals surface area contributed by atoms with Crippen LogP contribution in [0, 0.1) is 6.92 Å². The fourth-order valence-corrected chi connectivity index (χ4v) is 6.37. The molecular formula is C31H36ClN5O2S. The normalized spacial score (nSPS) is 15.5. The lowest BCUT2D eigenvalue weighted by Gasteiger charge is -2.34. The van der Waals surface area contributed by atoms with Gasteiger partial charge >= 0.3 is 0 Å². The molecule has 0 amide bonds. The molecule has 1 atom stereocenters. The Hall–Kier alpha value is -2.91. The number of likely N-dealkylation sites (N-methyl/N-ethyl adjacent to an activating group) is 1. The average Bonchev–Trinajstić information content (AvgIpc) is 3.35. The second-order valence-corrected chi connectivity index (χ2v) is 12.7. The predicted molar refractivity (Wildman–Crippen MR) is 164 cm³/mol. The van der Waals surface area contributed by atoms with Gasteiger partial charge in [-0.05, 0) is 76.6 Å². The van der Waals surface area contributed by atoms with Gasteiger partial charge in [-0.3, -0.25) is 4.79 Å². The molecule has 0 unspecified atom stereocenters. The van der Waals surface area contributed by atoms with E-state index >= 15 is 0 Å². The molecule has 5 rings (SSSR count). The summed E-state index contributed by atoms with van der Waals surface area (Å²) in [4.78, 5) is 32.2. The van der Waals surface area contributed by atoms with Crippen LogP contribution in [-0.4, -0.2) is 64.0 Å². The molecule has 7 nitrogen and oxygen atoms in total. The van der Waals surface area contributed by atoms with E-state index in [0.29, 0.717) is 5.02 Å². The van der Waals surface area contributed by atoms with Crippen LogP contribution in [-0.2, 0) is 9.53 Å². The first-order valence-corrected chi connectivity index (χ1v) is 14.9. The largest absolute Gasteiger partial charge is 0.360 e. The summed E-state index contributed by atoms with van der Waals surface area (Å²) in [5.74, 6) is 0.693. The summed E-state index contributed by atoms with van der Waals surface area (Å²) in [6, 6.07) is 11.7. The molecular weight excluding hydrogens is 542 g/mol. The van der Waals surface area contributed by atoms with E-state index < -0.39 is 11.7 Å². The molecule has 9 heteroatoms. The van der Waals surface area contributed by atoms with Crippen LogP contribution >= 0.6 is 22.9 Å². The number of benzene rings is 2. The van der Waals surface area contributed by atoms with Crippen LogP contribution in [0.3, 0.4) is 0 Å². The second-order valence-electron chi connectivity index (χ2n) is 11.2. The number of halogens is 1. The van der Waals surface area contributed by atoms with Gasteiger partial charge in [0.15, 0.2) is 5.78 Å². The van der Waals surface area contributed by atoms with Crippen LogP contribution in [0.4, 0.5) is 5.95 Å². The standard InChI is InChI=1S/C31H36ClN5O2S/c1-7-36-14-16-37(17-15-36)30-33-13-12-23(35-30)29-34-24-18-19(2)25(27(20(3)38)39-31(4,5)6)26(28(24)40-29)21-8-10-22(32)11-9-21/h8-13,18,27H,7,14-17H2,1-6H3/t27-/m1/s1. The Morgan fingerprint density at radius 1 is 1.10 bits per heavy atom. The molecule has 0 radical (unpaired) electrons. The molecule has 1 fully saturated rings. The Morgan fingerprint density at radius 2 is 1.80 bits per heavy atom. The molecule has 2 aromatic carbocycles. The smallest absolute Gasteiger partial charge is 0.226 e. The number of hydrogen-bond donors (Lipinski definition) is 0. The van der Waals surface area contributed by atoms with Crippen molar-refractivity contribution in [3.8, 4) is 21.8 Å². The van der Waals surface area contributed by atoms with Gasteiger partial charge in [-0.2, -0.15) is 0 Å². The van der Waals surface area contributed by atoms with Gasteiger partial charge in [0.05, 0.1) is 15.8 Å². The number of carbonyl (C=O) groups excluding carboxylic acids is 1. The number of nitrogens with zero attached hydrogens (tertiary/aromatic N) is 5. The summed E-state index contributed by atoms with van der Waals surface area (Å²) in [5, 5.41) is 1.47. The van der Waals surface area contributed by atoms with E-state index in [1.165, 1.54) is 0 Å². The Balaban J connectivity index is 1.64. The fourth-order valence-electron chi connectivity index (χ4n) is 5.14. The first-order chi connectivity index (χ1) is 19.0. The fraction of sp³-hybridized carbons (Fsp3) is 0.419. The van der Waals surface area contributed by atoms with Crippen LogP contribution in [0.15, 0.2) is 42.6 Å². The minimum absolute atomic E-state index is 0.0408. The van der Waals surface area contributed by atoms with Gasteiger partial charge < -0.3 is 14.5 Å². The van der Waals surface area contributed by atoms with Crippen LogP contribution in [0.2, 0.25) is 5.02 Å². The Morgan fingerprint density at radius 3 is 2.42 bits per heavy atom. The number of thiazole rings is 1. The summed E-state index contributed by atoms with van der Waals surface area (Å²) < 4.78 is 7.35. The quantitative estimate of drug-likeness (QED) is 0.235. The van der Waals surface area contributed by atoms with Crippen molar-refractivity contribution < 1.29 is 9.53 Å². The SMILES string of the molecule is CCN1CCN(c2nccc(-c3nc4cc(C)c([C@H](OC(C)(C)C)C(C)=O)c(-c5ccc(Cl)cc5)c4s3)n2)CC1. The molecule has 0 aliphatic carbocycles. The summed E-state index contributed by atoms with van der Waals surface area (Å²) in [6.07, 6.45) is 1.10. The number of anilines is 1. The van der Waals surface area contributed by atoms with E-state index in [0.717, 1.165) is 81.8 Å². The van der Waals surface area contributed by atoms with Crippen molar-refractivity contribution >= 4 is 44.9 Å². The highest BCUT2D eigenvalue weighted by atomic mass is 35.5. The van der Waals surface area contributed by atoms with Crippen molar-refractivity contribution in [3.63, 3.8) is 0 Å². The van der Waals surface area contributed by atoms with Gasteiger partial charge in [0.1, 0.15) is 16.8 Å². The summed E-state index contributed by atoms with van der Waals surface area (Å²) in [7, 11) is 0. The minimum Gasteiger partial charge on any atom is -0.360 e. The molecule has 0 N–H and O–H groups in total. The third kappa shape index (κ3) is 6.05. The highest BCUT2D eigenvalue weighted by Gasteiger charge is 2.30. The number of aryl methyl sites for hydroxylation is 1. The number of fused-ring (bicyclic) bond motifs is 1. The molecule has 2 aromatic heterocycles. The molecule has 4 aromatic rings. The number of ketones is 1. The second kappa shape index (κ2) is 11.5. The van der Waals surface area contributed by atoms with Crippen LogP contribution in [0.5, 0.6) is 0 Å². The molecule has 1 aliphatic heterocycles. The molecule has 1 saturated heterocycles. The lowest BCUT2D eigenvalue weighted by Crippen LogP contribution is -2.46. The van der Waals surface area contributed by atoms with Gasteiger partial charge in [-0.15, -0.1) is 11.3 Å². The van der Waals surface area contributed by atoms with Gasteiger partial charge in [-0.1, -0.05) is 30.7 Å². The van der Waals surface area contributed by atoms with E-state index in [2.05, 4.69) is 27.8 Å². The maximum atomic E-state index is 13.0. The first kappa shape index (κ1) is 28.6. The molecule has 210 valence electrons. The lowest BCUT2D eigenvalue weighted by molar-refractivity contribution is -0.138. The number of rotatable bonds is 7. The van der Waals surface area contributed by atoms with Crippen molar-refractivity contribution in [2.45, 2.75) is 53.2 Å². The number of ether oxygens (including phenoxy) is 1. The number of aromatic nitrogens is 3. The minimum atomic E-state index is -0.715. The van der Waals surface area contributed by atoms with Gasteiger partial charge in [0.2, 0.25) is 5.95 Å². The zero-order chi connectivity index (χ0) is 28.6. The molecule has 3 heterocycles. The summed E-state index contributed by atoms with van der Waals surface area (Å²) >= 11 is 7.84. The molecule has 0 saturated carbocycles. The number of carbonyl (C=O) groups is 1. The molecule has 40 heavy (non-hydrogen) atoms. The van der Waals surface area contributed by atoms with Crippen molar-refractivity contribution in [2.75, 3.05) is 37.6 Å². The highest BCUT2D eigenvalue weighted by molar-refractivity contribution is 7.22. The van der Waals surface area contributed by atoms with E-state index in [4.69, 9.17) is 26.3 Å². The van der Waals surface area contributed by atoms with E-state index in [9.17, 15) is 4.79 Å². The maximum Gasteiger partial charge on any atom is 0.226 e. The predicted octanol–water partition coefficient (Wildman–Crippen LogP) is 6.97. The van der Waals surface area contributed by atoms with Gasteiger partial charge in [-0.25, -0.2) is 15.0 Å². The number of hydrogen-bond acceptors (Lipinski definition) is 8. The van der Waals surface area contributed by atoms with Crippen LogP contribution in [0.25, 0.3) is 32.0 Å².